The van der Waals surface area contributed by atoms with Gasteiger partial charge in [0.25, 0.3) is 4.84 Å². The van der Waals surface area contributed by atoms with Gasteiger partial charge in [0.05, 0.1) is 0 Å². The van der Waals surface area contributed by atoms with Crippen molar-refractivity contribution in [2.75, 3.05) is 31.1 Å². The molecule has 1 aliphatic rings. The standard InChI is InChI=1S/C6H10N4OS/c12-6-9-8-5(11-6)10-3-1-7-2-4-10/h7H,1-4H2,(H,9,12). The number of hydrogen-bond donors (Lipinski definition) is 2. The number of rotatable bonds is 1. The van der Waals surface area contributed by atoms with Crippen LogP contribution in [0.2, 0.25) is 0 Å². The first-order chi connectivity index (χ1) is 5.86. The number of piperazine rings is 1. The van der Waals surface area contributed by atoms with Crippen molar-refractivity contribution in [2.24, 2.45) is 0 Å². The molecule has 2 N–H and O–H groups in total. The van der Waals surface area contributed by atoms with Crippen molar-refractivity contribution in [2.45, 2.75) is 0 Å². The van der Waals surface area contributed by atoms with E-state index in [0.717, 1.165) is 26.2 Å². The Labute approximate surface area is 74.8 Å². The van der Waals surface area contributed by atoms with Gasteiger partial charge in [0.1, 0.15) is 0 Å². The molecule has 12 heavy (non-hydrogen) atoms. The Morgan fingerprint density at radius 3 is 2.75 bits per heavy atom. The van der Waals surface area contributed by atoms with E-state index in [-0.39, 0.29) is 0 Å². The zero-order valence-electron chi connectivity index (χ0n) is 6.54. The third-order valence-electron chi connectivity index (χ3n) is 1.81. The van der Waals surface area contributed by atoms with Gasteiger partial charge in [-0.25, -0.2) is 5.10 Å². The second-order valence-corrected chi connectivity index (χ2v) is 3.00. The molecule has 2 heterocycles. The lowest BCUT2D eigenvalue weighted by molar-refractivity contribution is 0.489. The van der Waals surface area contributed by atoms with Gasteiger partial charge in [0.15, 0.2) is 0 Å². The van der Waals surface area contributed by atoms with Crippen LogP contribution in [0.15, 0.2) is 4.42 Å². The molecule has 1 aliphatic heterocycles. The highest BCUT2D eigenvalue weighted by molar-refractivity contribution is 7.71. The molecule has 0 aromatic carbocycles. The number of hydrogen-bond acceptors (Lipinski definition) is 5. The second-order valence-electron chi connectivity index (χ2n) is 2.63. The van der Waals surface area contributed by atoms with E-state index in [4.69, 9.17) is 16.6 Å². The molecule has 0 atom stereocenters. The molecular formula is C6H10N4OS. The highest BCUT2D eigenvalue weighted by Gasteiger charge is 2.14. The summed E-state index contributed by atoms with van der Waals surface area (Å²) in [4.78, 5) is 2.39. The number of nitrogens with zero attached hydrogens (tertiary/aromatic N) is 2. The first kappa shape index (κ1) is 7.75. The Bertz CT molecular complexity index is 300. The van der Waals surface area contributed by atoms with E-state index in [1.54, 1.807) is 0 Å². The van der Waals surface area contributed by atoms with Crippen LogP contribution in [0.25, 0.3) is 0 Å². The topological polar surface area (TPSA) is 57.1 Å². The maximum atomic E-state index is 5.17. The van der Waals surface area contributed by atoms with Crippen molar-refractivity contribution in [3.8, 4) is 0 Å². The van der Waals surface area contributed by atoms with Crippen molar-refractivity contribution in [1.82, 2.24) is 15.5 Å². The monoisotopic (exact) mass is 186 g/mol. The van der Waals surface area contributed by atoms with Crippen molar-refractivity contribution >= 4 is 18.2 Å². The van der Waals surface area contributed by atoms with E-state index in [0.29, 0.717) is 10.9 Å². The lowest BCUT2D eigenvalue weighted by Crippen LogP contribution is -2.43. The Morgan fingerprint density at radius 2 is 2.17 bits per heavy atom. The van der Waals surface area contributed by atoms with Crippen LogP contribution in [-0.4, -0.2) is 36.4 Å². The molecule has 1 fully saturated rings. The van der Waals surface area contributed by atoms with Crippen molar-refractivity contribution < 1.29 is 4.42 Å². The first-order valence-electron chi connectivity index (χ1n) is 3.87. The van der Waals surface area contributed by atoms with Crippen LogP contribution in [0.5, 0.6) is 0 Å². The summed E-state index contributed by atoms with van der Waals surface area (Å²) in [7, 11) is 0. The largest absolute Gasteiger partial charge is 0.396 e. The fourth-order valence-electron chi connectivity index (χ4n) is 1.21. The zero-order valence-corrected chi connectivity index (χ0v) is 7.36. The van der Waals surface area contributed by atoms with Gasteiger partial charge in [-0.2, -0.15) is 0 Å². The van der Waals surface area contributed by atoms with Gasteiger partial charge in [0, 0.05) is 26.2 Å². The van der Waals surface area contributed by atoms with Gasteiger partial charge in [-0.05, 0) is 12.2 Å². The van der Waals surface area contributed by atoms with Gasteiger partial charge in [-0.1, -0.05) is 0 Å². The van der Waals surface area contributed by atoms with E-state index in [1.165, 1.54) is 0 Å². The minimum atomic E-state index is 0.337. The lowest BCUT2D eigenvalue weighted by Gasteiger charge is -2.24. The predicted molar refractivity (Wildman–Crippen MR) is 46.8 cm³/mol. The molecule has 0 spiro atoms. The van der Waals surface area contributed by atoms with Crippen molar-refractivity contribution in [1.29, 1.82) is 0 Å². The predicted octanol–water partition coefficient (Wildman–Crippen LogP) is 0.142. The fraction of sp³-hybridized carbons (Fsp3) is 0.667. The Hall–Kier alpha value is -0.880. The highest BCUT2D eigenvalue weighted by Crippen LogP contribution is 2.09. The van der Waals surface area contributed by atoms with Crippen LogP contribution in [0.3, 0.4) is 0 Å². The summed E-state index contributed by atoms with van der Waals surface area (Å²) >= 11 is 4.78. The molecule has 0 aliphatic carbocycles. The van der Waals surface area contributed by atoms with Crippen LogP contribution < -0.4 is 10.2 Å². The first-order valence-corrected chi connectivity index (χ1v) is 4.28. The van der Waals surface area contributed by atoms with Crippen molar-refractivity contribution in [3.05, 3.63) is 4.84 Å². The number of H-pyrrole nitrogens is 1. The Morgan fingerprint density at radius 1 is 1.42 bits per heavy atom. The zero-order chi connectivity index (χ0) is 8.39. The molecule has 0 radical (unpaired) electrons. The minimum Gasteiger partial charge on any atom is -0.396 e. The molecule has 5 nitrogen and oxygen atoms in total. The maximum absolute atomic E-state index is 5.17. The van der Waals surface area contributed by atoms with Gasteiger partial charge in [-0.3, -0.25) is 0 Å². The molecule has 0 amide bonds. The number of aromatic nitrogens is 2. The summed E-state index contributed by atoms with van der Waals surface area (Å²) in [5.41, 5.74) is 0. The molecule has 6 heteroatoms. The van der Waals surface area contributed by atoms with Crippen LogP contribution in [0, 0.1) is 4.84 Å². The van der Waals surface area contributed by atoms with Crippen LogP contribution in [-0.2, 0) is 0 Å². The van der Waals surface area contributed by atoms with Crippen LogP contribution in [0.1, 0.15) is 0 Å². The van der Waals surface area contributed by atoms with E-state index in [9.17, 15) is 0 Å². The molecule has 66 valence electrons. The Balaban J connectivity index is 2.13. The van der Waals surface area contributed by atoms with E-state index >= 15 is 0 Å². The van der Waals surface area contributed by atoms with Gasteiger partial charge >= 0.3 is 6.01 Å². The quantitative estimate of drug-likeness (QED) is 0.611. The molecular weight excluding hydrogens is 176 g/mol. The number of anilines is 1. The van der Waals surface area contributed by atoms with Crippen molar-refractivity contribution in [3.63, 3.8) is 0 Å². The van der Waals surface area contributed by atoms with E-state index in [1.807, 2.05) is 0 Å². The molecule has 2 rings (SSSR count). The molecule has 0 unspecified atom stereocenters. The summed E-state index contributed by atoms with van der Waals surface area (Å²) in [6.45, 7) is 3.77. The van der Waals surface area contributed by atoms with Crippen LogP contribution in [0.4, 0.5) is 6.01 Å². The smallest absolute Gasteiger partial charge is 0.317 e. The number of nitrogens with one attached hydrogen (secondary N) is 2. The average Bonchev–Trinajstić information content (AvgIpc) is 2.54. The SMILES string of the molecule is S=c1[nH]nc(N2CCNCC2)o1. The summed E-state index contributed by atoms with van der Waals surface area (Å²) in [6.07, 6.45) is 0. The maximum Gasteiger partial charge on any atom is 0.317 e. The summed E-state index contributed by atoms with van der Waals surface area (Å²) in [5, 5.41) is 9.79. The van der Waals surface area contributed by atoms with Crippen LogP contribution >= 0.6 is 12.2 Å². The number of aromatic amines is 1. The normalized spacial score (nSPS) is 18.2. The summed E-state index contributed by atoms with van der Waals surface area (Å²) in [6, 6.07) is 0.599. The third kappa shape index (κ3) is 1.49. The average molecular weight is 186 g/mol. The van der Waals surface area contributed by atoms with Gasteiger partial charge in [0.2, 0.25) is 0 Å². The molecule has 1 aromatic heterocycles. The molecule has 1 saturated heterocycles. The van der Waals surface area contributed by atoms with E-state index < -0.39 is 0 Å². The summed E-state index contributed by atoms with van der Waals surface area (Å²) in [5.74, 6) is 0. The highest BCUT2D eigenvalue weighted by atomic mass is 32.1. The molecule has 0 bridgehead atoms. The minimum absolute atomic E-state index is 0.337. The Kier molecular flexibility index (Phi) is 2.09. The summed E-state index contributed by atoms with van der Waals surface area (Å²) < 4.78 is 5.17. The van der Waals surface area contributed by atoms with Gasteiger partial charge in [-0.15, -0.1) is 5.10 Å². The van der Waals surface area contributed by atoms with Gasteiger partial charge < -0.3 is 14.6 Å². The molecule has 0 saturated carbocycles. The van der Waals surface area contributed by atoms with E-state index in [2.05, 4.69) is 20.4 Å². The lowest BCUT2D eigenvalue weighted by atomic mass is 10.4. The fourth-order valence-corrected chi connectivity index (χ4v) is 1.33. The second kappa shape index (κ2) is 3.24. The third-order valence-corrected chi connectivity index (χ3v) is 1.99. The molecule has 1 aromatic rings.